The molecule has 2 N–H and O–H groups in total. The highest BCUT2D eigenvalue weighted by Gasteiger charge is 2.33. The summed E-state index contributed by atoms with van der Waals surface area (Å²) in [5.74, 6) is -0.445. The molecule has 3 atom stereocenters. The van der Waals surface area contributed by atoms with E-state index in [2.05, 4.69) is 10.6 Å². The van der Waals surface area contributed by atoms with Crippen LogP contribution in [0.25, 0.3) is 0 Å². The number of amides is 3. The first-order chi connectivity index (χ1) is 17.5. The number of aryl methyl sites for hydroxylation is 1. The molecule has 1 saturated carbocycles. The van der Waals surface area contributed by atoms with E-state index in [9.17, 15) is 14.4 Å². The Morgan fingerprint density at radius 2 is 1.58 bits per heavy atom. The first kappa shape index (κ1) is 25.9. The topological polar surface area (TPSA) is 87.7 Å². The normalized spacial score (nSPS) is 22.0. The van der Waals surface area contributed by atoms with Gasteiger partial charge in [-0.25, -0.2) is 0 Å². The lowest BCUT2D eigenvalue weighted by Gasteiger charge is -2.36. The minimum absolute atomic E-state index is 0.0128. The molecule has 4 rings (SSSR count). The van der Waals surface area contributed by atoms with Gasteiger partial charge in [0, 0.05) is 30.7 Å². The van der Waals surface area contributed by atoms with Gasteiger partial charge in [0.15, 0.2) is 0 Å². The van der Waals surface area contributed by atoms with Crippen LogP contribution in [0.15, 0.2) is 54.6 Å². The zero-order valence-electron chi connectivity index (χ0n) is 21.1. The SMILES string of the molecule is Cc1ccccc1C(=O)N[C@@H]1CCCC[C@H]1NC(=O)[C@H]1CCCN(C(=O)COCc2ccccc2)C1. The lowest BCUT2D eigenvalue weighted by atomic mass is 9.88. The summed E-state index contributed by atoms with van der Waals surface area (Å²) < 4.78 is 5.62. The average molecular weight is 492 g/mol. The highest BCUT2D eigenvalue weighted by atomic mass is 16.5. The Kier molecular flexibility index (Phi) is 9.11. The minimum atomic E-state index is -0.244. The van der Waals surface area contributed by atoms with Gasteiger partial charge in [-0.2, -0.15) is 0 Å². The van der Waals surface area contributed by atoms with Crippen molar-refractivity contribution in [3.05, 3.63) is 71.3 Å². The molecule has 2 aliphatic rings. The Morgan fingerprint density at radius 1 is 0.889 bits per heavy atom. The number of carbonyl (C=O) groups excluding carboxylic acids is 3. The van der Waals surface area contributed by atoms with Crippen LogP contribution >= 0.6 is 0 Å². The van der Waals surface area contributed by atoms with Crippen molar-refractivity contribution >= 4 is 17.7 Å². The molecule has 7 heteroatoms. The van der Waals surface area contributed by atoms with Gasteiger partial charge in [0.2, 0.25) is 11.8 Å². The van der Waals surface area contributed by atoms with Gasteiger partial charge in [0.1, 0.15) is 6.61 Å². The van der Waals surface area contributed by atoms with Crippen molar-refractivity contribution in [1.29, 1.82) is 0 Å². The standard InChI is InChI=1S/C29H37N3O4/c1-21-10-5-6-14-24(21)29(35)31-26-16-8-7-15-25(26)30-28(34)23-13-9-17-32(18-23)27(33)20-36-19-22-11-3-2-4-12-22/h2-6,10-12,14,23,25-26H,7-9,13,15-20H2,1H3,(H,30,34)(H,31,35)/t23-,25+,26+/m0/s1. The predicted molar refractivity (Wildman–Crippen MR) is 138 cm³/mol. The van der Waals surface area contributed by atoms with Gasteiger partial charge in [-0.05, 0) is 49.8 Å². The van der Waals surface area contributed by atoms with Crippen molar-refractivity contribution in [2.45, 2.75) is 64.1 Å². The van der Waals surface area contributed by atoms with E-state index in [0.717, 1.165) is 49.7 Å². The van der Waals surface area contributed by atoms with Gasteiger partial charge in [-0.1, -0.05) is 61.4 Å². The smallest absolute Gasteiger partial charge is 0.251 e. The molecule has 7 nitrogen and oxygen atoms in total. The van der Waals surface area contributed by atoms with E-state index in [1.807, 2.05) is 61.5 Å². The quantitative estimate of drug-likeness (QED) is 0.591. The van der Waals surface area contributed by atoms with Crippen molar-refractivity contribution in [2.75, 3.05) is 19.7 Å². The molecular formula is C29H37N3O4. The molecule has 1 saturated heterocycles. The molecule has 0 radical (unpaired) electrons. The van der Waals surface area contributed by atoms with E-state index in [-0.39, 0.29) is 42.3 Å². The van der Waals surface area contributed by atoms with E-state index < -0.39 is 0 Å². The fraction of sp³-hybridized carbons (Fsp3) is 0.483. The molecule has 36 heavy (non-hydrogen) atoms. The molecule has 1 heterocycles. The molecule has 2 fully saturated rings. The van der Waals surface area contributed by atoms with E-state index in [4.69, 9.17) is 4.74 Å². The zero-order valence-corrected chi connectivity index (χ0v) is 21.1. The maximum Gasteiger partial charge on any atom is 0.251 e. The molecule has 0 unspecified atom stereocenters. The summed E-state index contributed by atoms with van der Waals surface area (Å²) in [7, 11) is 0. The van der Waals surface area contributed by atoms with Crippen LogP contribution in [-0.4, -0.2) is 54.4 Å². The third-order valence-electron chi connectivity index (χ3n) is 7.28. The summed E-state index contributed by atoms with van der Waals surface area (Å²) in [5.41, 5.74) is 2.63. The van der Waals surface area contributed by atoms with Gasteiger partial charge in [0.05, 0.1) is 12.5 Å². The largest absolute Gasteiger partial charge is 0.367 e. The fourth-order valence-electron chi connectivity index (χ4n) is 5.19. The maximum absolute atomic E-state index is 13.2. The molecule has 192 valence electrons. The van der Waals surface area contributed by atoms with Crippen LogP contribution < -0.4 is 10.6 Å². The highest BCUT2D eigenvalue weighted by Crippen LogP contribution is 2.22. The Hall–Kier alpha value is -3.19. The summed E-state index contributed by atoms with van der Waals surface area (Å²) in [6.07, 6.45) is 5.29. The number of benzene rings is 2. The van der Waals surface area contributed by atoms with Gasteiger partial charge in [-0.3, -0.25) is 14.4 Å². The second-order valence-electron chi connectivity index (χ2n) is 9.95. The summed E-state index contributed by atoms with van der Waals surface area (Å²) in [5, 5.41) is 6.37. The molecule has 3 amide bonds. The molecule has 0 spiro atoms. The number of carbonyl (C=O) groups is 3. The average Bonchev–Trinajstić information content (AvgIpc) is 2.90. The molecule has 0 aromatic heterocycles. The maximum atomic E-state index is 13.2. The van der Waals surface area contributed by atoms with Crippen molar-refractivity contribution in [3.8, 4) is 0 Å². The first-order valence-electron chi connectivity index (χ1n) is 13.1. The molecule has 2 aromatic carbocycles. The van der Waals surface area contributed by atoms with Crippen molar-refractivity contribution in [2.24, 2.45) is 5.92 Å². The monoisotopic (exact) mass is 491 g/mol. The van der Waals surface area contributed by atoms with Crippen LogP contribution in [0.4, 0.5) is 0 Å². The van der Waals surface area contributed by atoms with E-state index >= 15 is 0 Å². The minimum Gasteiger partial charge on any atom is -0.367 e. The third kappa shape index (κ3) is 6.94. The number of ether oxygens (including phenoxy) is 1. The van der Waals surface area contributed by atoms with Gasteiger partial charge in [0.25, 0.3) is 5.91 Å². The summed E-state index contributed by atoms with van der Waals surface area (Å²) in [4.78, 5) is 40.5. The van der Waals surface area contributed by atoms with Gasteiger partial charge in [-0.15, -0.1) is 0 Å². The van der Waals surface area contributed by atoms with Crippen LogP contribution in [-0.2, 0) is 20.9 Å². The number of rotatable bonds is 8. The predicted octanol–water partition coefficient (Wildman–Crippen LogP) is 3.61. The van der Waals surface area contributed by atoms with Crippen molar-refractivity contribution < 1.29 is 19.1 Å². The summed E-state index contributed by atoms with van der Waals surface area (Å²) in [6, 6.07) is 17.1. The fourth-order valence-corrected chi connectivity index (χ4v) is 5.19. The number of likely N-dealkylation sites (tertiary alicyclic amines) is 1. The van der Waals surface area contributed by atoms with Crippen LogP contribution in [0.3, 0.4) is 0 Å². The lowest BCUT2D eigenvalue weighted by molar-refractivity contribution is -0.140. The second kappa shape index (κ2) is 12.7. The Labute approximate surface area is 213 Å². The highest BCUT2D eigenvalue weighted by molar-refractivity contribution is 5.95. The summed E-state index contributed by atoms with van der Waals surface area (Å²) >= 11 is 0. The van der Waals surface area contributed by atoms with Crippen LogP contribution in [0.1, 0.15) is 60.0 Å². The number of hydrogen-bond donors (Lipinski definition) is 2. The van der Waals surface area contributed by atoms with Gasteiger partial charge >= 0.3 is 0 Å². The third-order valence-corrected chi connectivity index (χ3v) is 7.28. The molecule has 1 aliphatic heterocycles. The number of nitrogens with one attached hydrogen (secondary N) is 2. The van der Waals surface area contributed by atoms with Crippen molar-refractivity contribution in [1.82, 2.24) is 15.5 Å². The van der Waals surface area contributed by atoms with Crippen LogP contribution in [0.5, 0.6) is 0 Å². The van der Waals surface area contributed by atoms with Crippen molar-refractivity contribution in [3.63, 3.8) is 0 Å². The van der Waals surface area contributed by atoms with Crippen LogP contribution in [0.2, 0.25) is 0 Å². The molecule has 2 aromatic rings. The number of hydrogen-bond acceptors (Lipinski definition) is 4. The number of nitrogens with zero attached hydrogens (tertiary/aromatic N) is 1. The van der Waals surface area contributed by atoms with Gasteiger partial charge < -0.3 is 20.3 Å². The van der Waals surface area contributed by atoms with E-state index in [1.165, 1.54) is 0 Å². The first-order valence-corrected chi connectivity index (χ1v) is 13.1. The Morgan fingerprint density at radius 3 is 2.33 bits per heavy atom. The molecule has 0 bridgehead atoms. The number of piperidine rings is 1. The second-order valence-corrected chi connectivity index (χ2v) is 9.95. The van der Waals surface area contributed by atoms with E-state index in [0.29, 0.717) is 25.3 Å². The Balaban J connectivity index is 1.28. The van der Waals surface area contributed by atoms with Crippen LogP contribution in [0, 0.1) is 12.8 Å². The Bertz CT molecular complexity index is 1040. The van der Waals surface area contributed by atoms with E-state index in [1.54, 1.807) is 4.90 Å². The summed E-state index contributed by atoms with van der Waals surface area (Å²) in [6.45, 7) is 3.39. The molecule has 1 aliphatic carbocycles. The zero-order chi connectivity index (χ0) is 25.3. The molecular weight excluding hydrogens is 454 g/mol. The lowest BCUT2D eigenvalue weighted by Crippen LogP contribution is -2.55.